The number of nitrogens with zero attached hydrogens (tertiary/aromatic N) is 2. The first-order valence-electron chi connectivity index (χ1n) is 5.83. The van der Waals surface area contributed by atoms with E-state index in [1.165, 1.54) is 45.3 Å². The van der Waals surface area contributed by atoms with Gasteiger partial charge < -0.3 is 15.5 Å². The SMILES string of the molecule is CN(C)CCCN1CCCC1CCN. The van der Waals surface area contributed by atoms with Gasteiger partial charge in [0.05, 0.1) is 0 Å². The maximum atomic E-state index is 5.61. The highest BCUT2D eigenvalue weighted by Crippen LogP contribution is 2.19. The quantitative estimate of drug-likeness (QED) is 0.685. The molecule has 2 N–H and O–H groups in total. The normalized spacial score (nSPS) is 23.6. The van der Waals surface area contributed by atoms with Crippen LogP contribution in [-0.4, -0.2) is 56.1 Å². The summed E-state index contributed by atoms with van der Waals surface area (Å²) in [6, 6.07) is 0.780. The predicted molar refractivity (Wildman–Crippen MR) is 61.4 cm³/mol. The van der Waals surface area contributed by atoms with E-state index in [0.29, 0.717) is 0 Å². The maximum Gasteiger partial charge on any atom is 0.0108 e. The third kappa shape index (κ3) is 3.95. The molecule has 1 rings (SSSR count). The zero-order valence-electron chi connectivity index (χ0n) is 9.71. The highest BCUT2D eigenvalue weighted by molar-refractivity contribution is 4.79. The zero-order chi connectivity index (χ0) is 10.4. The summed E-state index contributed by atoms with van der Waals surface area (Å²) < 4.78 is 0. The molecule has 1 fully saturated rings. The lowest BCUT2D eigenvalue weighted by Crippen LogP contribution is -2.33. The summed E-state index contributed by atoms with van der Waals surface area (Å²) >= 11 is 0. The highest BCUT2D eigenvalue weighted by atomic mass is 15.2. The van der Waals surface area contributed by atoms with Crippen molar-refractivity contribution in [3.63, 3.8) is 0 Å². The van der Waals surface area contributed by atoms with E-state index in [4.69, 9.17) is 5.73 Å². The summed E-state index contributed by atoms with van der Waals surface area (Å²) in [4.78, 5) is 4.88. The monoisotopic (exact) mass is 199 g/mol. The predicted octanol–water partition coefficient (Wildman–Crippen LogP) is 0.751. The van der Waals surface area contributed by atoms with Crippen LogP contribution in [0.15, 0.2) is 0 Å². The number of hydrogen-bond acceptors (Lipinski definition) is 3. The third-order valence-electron chi connectivity index (χ3n) is 3.05. The van der Waals surface area contributed by atoms with Crippen LogP contribution in [0.1, 0.15) is 25.7 Å². The Morgan fingerprint density at radius 3 is 2.86 bits per heavy atom. The van der Waals surface area contributed by atoms with Crippen molar-refractivity contribution in [2.75, 3.05) is 40.3 Å². The Kier molecular flexibility index (Phi) is 5.45. The Morgan fingerprint density at radius 2 is 2.21 bits per heavy atom. The highest BCUT2D eigenvalue weighted by Gasteiger charge is 2.22. The van der Waals surface area contributed by atoms with E-state index >= 15 is 0 Å². The van der Waals surface area contributed by atoms with Gasteiger partial charge >= 0.3 is 0 Å². The molecule has 1 atom stereocenters. The van der Waals surface area contributed by atoms with E-state index in [1.807, 2.05) is 0 Å². The average Bonchev–Trinajstić information content (AvgIpc) is 2.53. The van der Waals surface area contributed by atoms with Gasteiger partial charge in [0.1, 0.15) is 0 Å². The lowest BCUT2D eigenvalue weighted by molar-refractivity contribution is 0.231. The first kappa shape index (κ1) is 12.0. The molecule has 14 heavy (non-hydrogen) atoms. The number of hydrogen-bond donors (Lipinski definition) is 1. The first-order chi connectivity index (χ1) is 6.74. The van der Waals surface area contributed by atoms with Crippen molar-refractivity contribution in [2.45, 2.75) is 31.7 Å². The lowest BCUT2D eigenvalue weighted by atomic mass is 10.1. The molecule has 84 valence electrons. The average molecular weight is 199 g/mol. The molecular formula is C11H25N3. The van der Waals surface area contributed by atoms with Crippen LogP contribution >= 0.6 is 0 Å². The van der Waals surface area contributed by atoms with E-state index in [2.05, 4.69) is 23.9 Å². The van der Waals surface area contributed by atoms with Crippen LogP contribution in [0.25, 0.3) is 0 Å². The minimum Gasteiger partial charge on any atom is -0.330 e. The molecule has 0 saturated carbocycles. The van der Waals surface area contributed by atoms with Crippen molar-refractivity contribution in [3.05, 3.63) is 0 Å². The second-order valence-corrected chi connectivity index (χ2v) is 4.57. The molecular weight excluding hydrogens is 174 g/mol. The second kappa shape index (κ2) is 6.38. The summed E-state index contributed by atoms with van der Waals surface area (Å²) in [6.07, 6.45) is 5.20. The smallest absolute Gasteiger partial charge is 0.0108 e. The van der Waals surface area contributed by atoms with E-state index < -0.39 is 0 Å². The Labute approximate surface area is 88.2 Å². The van der Waals surface area contributed by atoms with Crippen LogP contribution in [0.2, 0.25) is 0 Å². The second-order valence-electron chi connectivity index (χ2n) is 4.57. The van der Waals surface area contributed by atoms with Gasteiger partial charge in [-0.05, 0) is 66.0 Å². The molecule has 1 aliphatic rings. The lowest BCUT2D eigenvalue weighted by Gasteiger charge is -2.24. The van der Waals surface area contributed by atoms with Crippen LogP contribution in [0.4, 0.5) is 0 Å². The van der Waals surface area contributed by atoms with Crippen LogP contribution in [0, 0.1) is 0 Å². The van der Waals surface area contributed by atoms with Gasteiger partial charge in [0.15, 0.2) is 0 Å². The molecule has 3 heteroatoms. The Hall–Kier alpha value is -0.120. The van der Waals surface area contributed by atoms with Gasteiger partial charge in [0.2, 0.25) is 0 Å². The molecule has 0 aromatic rings. The van der Waals surface area contributed by atoms with Gasteiger partial charge in [-0.15, -0.1) is 0 Å². The molecule has 1 unspecified atom stereocenters. The van der Waals surface area contributed by atoms with Crippen molar-refractivity contribution in [1.82, 2.24) is 9.80 Å². The van der Waals surface area contributed by atoms with Gasteiger partial charge in [-0.2, -0.15) is 0 Å². The fourth-order valence-corrected chi connectivity index (χ4v) is 2.30. The van der Waals surface area contributed by atoms with Crippen molar-refractivity contribution in [2.24, 2.45) is 5.73 Å². The number of rotatable bonds is 6. The summed E-state index contributed by atoms with van der Waals surface area (Å²) in [6.45, 7) is 4.58. The summed E-state index contributed by atoms with van der Waals surface area (Å²) in [5.41, 5.74) is 5.61. The molecule has 0 amide bonds. The largest absolute Gasteiger partial charge is 0.330 e. The number of nitrogens with two attached hydrogens (primary N) is 1. The van der Waals surface area contributed by atoms with E-state index in [9.17, 15) is 0 Å². The molecule has 0 aliphatic carbocycles. The first-order valence-corrected chi connectivity index (χ1v) is 5.83. The summed E-state index contributed by atoms with van der Waals surface area (Å²) in [5, 5.41) is 0. The molecule has 0 spiro atoms. The fourth-order valence-electron chi connectivity index (χ4n) is 2.30. The molecule has 0 aromatic heterocycles. The fraction of sp³-hybridized carbons (Fsp3) is 1.00. The molecule has 1 aliphatic heterocycles. The third-order valence-corrected chi connectivity index (χ3v) is 3.05. The van der Waals surface area contributed by atoms with Gasteiger partial charge in [-0.1, -0.05) is 0 Å². The maximum absolute atomic E-state index is 5.61. The molecule has 3 nitrogen and oxygen atoms in total. The molecule has 0 aromatic carbocycles. The van der Waals surface area contributed by atoms with Crippen LogP contribution in [0.3, 0.4) is 0 Å². The minimum atomic E-state index is 0.780. The standard InChI is InChI=1S/C11H25N3/c1-13(2)8-4-10-14-9-3-5-11(14)6-7-12/h11H,3-10,12H2,1-2H3. The van der Waals surface area contributed by atoms with Crippen molar-refractivity contribution in [1.29, 1.82) is 0 Å². The van der Waals surface area contributed by atoms with Crippen molar-refractivity contribution >= 4 is 0 Å². The van der Waals surface area contributed by atoms with Crippen LogP contribution in [0.5, 0.6) is 0 Å². The number of likely N-dealkylation sites (tertiary alicyclic amines) is 1. The molecule has 0 radical (unpaired) electrons. The molecule has 1 heterocycles. The van der Waals surface area contributed by atoms with E-state index in [-0.39, 0.29) is 0 Å². The Bertz CT molecular complexity index is 147. The van der Waals surface area contributed by atoms with Crippen LogP contribution in [-0.2, 0) is 0 Å². The van der Waals surface area contributed by atoms with E-state index in [0.717, 1.165) is 12.6 Å². The summed E-state index contributed by atoms with van der Waals surface area (Å²) in [5.74, 6) is 0. The summed E-state index contributed by atoms with van der Waals surface area (Å²) in [7, 11) is 4.28. The van der Waals surface area contributed by atoms with Crippen molar-refractivity contribution < 1.29 is 0 Å². The Balaban J connectivity index is 2.15. The van der Waals surface area contributed by atoms with E-state index in [1.54, 1.807) is 0 Å². The van der Waals surface area contributed by atoms with Crippen LogP contribution < -0.4 is 5.73 Å². The van der Waals surface area contributed by atoms with Gasteiger partial charge in [-0.3, -0.25) is 0 Å². The van der Waals surface area contributed by atoms with Crippen molar-refractivity contribution in [3.8, 4) is 0 Å². The van der Waals surface area contributed by atoms with Gasteiger partial charge in [-0.25, -0.2) is 0 Å². The zero-order valence-corrected chi connectivity index (χ0v) is 9.71. The van der Waals surface area contributed by atoms with Gasteiger partial charge in [0, 0.05) is 6.04 Å². The molecule has 1 saturated heterocycles. The Morgan fingerprint density at radius 1 is 1.43 bits per heavy atom. The topological polar surface area (TPSA) is 32.5 Å². The minimum absolute atomic E-state index is 0.780. The molecule has 0 bridgehead atoms. The van der Waals surface area contributed by atoms with Gasteiger partial charge in [0.25, 0.3) is 0 Å².